The van der Waals surface area contributed by atoms with Crippen molar-refractivity contribution in [1.29, 1.82) is 0 Å². The molecule has 2 aromatic rings. The number of amides is 1. The molecular weight excluding hydrogens is 430 g/mol. The predicted molar refractivity (Wildman–Crippen MR) is 126 cm³/mol. The Morgan fingerprint density at radius 1 is 1.16 bits per heavy atom. The molecule has 4 aliphatic carbocycles. The van der Waals surface area contributed by atoms with E-state index < -0.39 is 0 Å². The van der Waals surface area contributed by atoms with Crippen LogP contribution in [0.4, 0.5) is 0 Å². The Hall–Kier alpha value is -1.53. The highest BCUT2D eigenvalue weighted by atomic mass is 35.5. The van der Waals surface area contributed by atoms with E-state index in [-0.39, 0.29) is 28.3 Å². The molecule has 1 aromatic carbocycles. The standard InChI is InChI=1S/C24H30ClN3O2S/c1-13(2)28-22(30)19-5-4-18(25)9-20(19)26-23(28)31-14(3)21(29)27-24-10-15-6-16(11-24)8-17(7-15)12-24/h4-5,9,13-17H,6-8,10-12H2,1-3H3,(H,27,29). The summed E-state index contributed by atoms with van der Waals surface area (Å²) >= 11 is 7.50. The largest absolute Gasteiger partial charge is 0.350 e. The number of nitrogens with zero attached hydrogens (tertiary/aromatic N) is 2. The summed E-state index contributed by atoms with van der Waals surface area (Å²) in [6.45, 7) is 5.85. The van der Waals surface area contributed by atoms with Crippen LogP contribution in [0.5, 0.6) is 0 Å². The highest BCUT2D eigenvalue weighted by molar-refractivity contribution is 8.00. The Labute approximate surface area is 192 Å². The van der Waals surface area contributed by atoms with Crippen molar-refractivity contribution in [2.24, 2.45) is 17.8 Å². The number of aromatic nitrogens is 2. The van der Waals surface area contributed by atoms with Crippen molar-refractivity contribution in [3.05, 3.63) is 33.6 Å². The van der Waals surface area contributed by atoms with Crippen LogP contribution in [-0.4, -0.2) is 26.2 Å². The van der Waals surface area contributed by atoms with Crippen molar-refractivity contribution in [3.63, 3.8) is 0 Å². The number of thioether (sulfide) groups is 1. The van der Waals surface area contributed by atoms with E-state index in [0.29, 0.717) is 21.1 Å². The zero-order valence-electron chi connectivity index (χ0n) is 18.4. The zero-order chi connectivity index (χ0) is 21.9. The van der Waals surface area contributed by atoms with Crippen LogP contribution in [0.1, 0.15) is 65.3 Å². The lowest BCUT2D eigenvalue weighted by molar-refractivity contribution is -0.126. The number of carbonyl (C=O) groups excluding carboxylic acids is 1. The van der Waals surface area contributed by atoms with E-state index in [2.05, 4.69) is 5.32 Å². The zero-order valence-corrected chi connectivity index (χ0v) is 19.9. The molecule has 1 unspecified atom stereocenters. The Kier molecular flexibility index (Phi) is 5.37. The fourth-order valence-electron chi connectivity index (χ4n) is 6.53. The average Bonchev–Trinajstić information content (AvgIpc) is 2.65. The first-order valence-corrected chi connectivity index (χ1v) is 12.7. The molecule has 0 spiro atoms. The SMILES string of the molecule is CC(Sc1nc2cc(Cl)ccc2c(=O)n1C(C)C)C(=O)NC12CC3CC(CC(C3)C1)C2. The van der Waals surface area contributed by atoms with Crippen molar-refractivity contribution in [2.45, 2.75) is 81.3 Å². The number of fused-ring (bicyclic) bond motifs is 1. The molecule has 1 amide bonds. The summed E-state index contributed by atoms with van der Waals surface area (Å²) in [6, 6.07) is 5.10. The fourth-order valence-corrected chi connectivity index (χ4v) is 7.74. The Morgan fingerprint density at radius 2 is 1.77 bits per heavy atom. The minimum absolute atomic E-state index is 0.0112. The van der Waals surface area contributed by atoms with Gasteiger partial charge in [0.25, 0.3) is 5.56 Å². The molecule has 0 saturated heterocycles. The summed E-state index contributed by atoms with van der Waals surface area (Å²) in [4.78, 5) is 31.1. The second-order valence-corrected chi connectivity index (χ2v) is 12.0. The van der Waals surface area contributed by atoms with Crippen LogP contribution in [0, 0.1) is 17.8 Å². The van der Waals surface area contributed by atoms with E-state index >= 15 is 0 Å². The van der Waals surface area contributed by atoms with Gasteiger partial charge >= 0.3 is 0 Å². The topological polar surface area (TPSA) is 64.0 Å². The summed E-state index contributed by atoms with van der Waals surface area (Å²) < 4.78 is 1.69. The molecule has 4 fully saturated rings. The molecule has 0 radical (unpaired) electrons. The Morgan fingerprint density at radius 3 is 2.35 bits per heavy atom. The van der Waals surface area contributed by atoms with Gasteiger partial charge in [-0.3, -0.25) is 14.2 Å². The Balaban J connectivity index is 1.39. The molecule has 4 aliphatic rings. The molecule has 1 N–H and O–H groups in total. The molecule has 5 nitrogen and oxygen atoms in total. The van der Waals surface area contributed by atoms with Gasteiger partial charge in [-0.05, 0) is 95.2 Å². The normalized spacial score (nSPS) is 30.2. The highest BCUT2D eigenvalue weighted by Crippen LogP contribution is 2.55. The van der Waals surface area contributed by atoms with Crippen molar-refractivity contribution in [2.75, 3.05) is 0 Å². The van der Waals surface area contributed by atoms with Crippen LogP contribution in [0.25, 0.3) is 10.9 Å². The second-order valence-electron chi connectivity index (χ2n) is 10.3. The predicted octanol–water partition coefficient (Wildman–Crippen LogP) is 5.20. The van der Waals surface area contributed by atoms with Gasteiger partial charge in [-0.25, -0.2) is 4.98 Å². The smallest absolute Gasteiger partial charge is 0.262 e. The van der Waals surface area contributed by atoms with Crippen LogP contribution in [-0.2, 0) is 4.79 Å². The maximum absolute atomic E-state index is 13.2. The molecule has 31 heavy (non-hydrogen) atoms. The lowest BCUT2D eigenvalue weighted by Crippen LogP contribution is -2.60. The molecule has 6 rings (SSSR count). The minimum atomic E-state index is -0.332. The summed E-state index contributed by atoms with van der Waals surface area (Å²) in [7, 11) is 0. The minimum Gasteiger partial charge on any atom is -0.350 e. The molecule has 7 heteroatoms. The lowest BCUT2D eigenvalue weighted by atomic mass is 9.53. The Bertz CT molecular complexity index is 1060. The second kappa shape index (κ2) is 7.80. The summed E-state index contributed by atoms with van der Waals surface area (Å²) in [5.74, 6) is 2.41. The van der Waals surface area contributed by atoms with E-state index in [1.165, 1.54) is 31.0 Å². The molecule has 0 aliphatic heterocycles. The molecule has 1 atom stereocenters. The number of benzene rings is 1. The van der Waals surface area contributed by atoms with Gasteiger partial charge in [0.15, 0.2) is 5.16 Å². The average molecular weight is 460 g/mol. The maximum atomic E-state index is 13.2. The van der Waals surface area contributed by atoms with Crippen LogP contribution >= 0.6 is 23.4 Å². The summed E-state index contributed by atoms with van der Waals surface area (Å²) in [5.41, 5.74) is 0.473. The molecule has 166 valence electrons. The third-order valence-corrected chi connectivity index (χ3v) is 8.73. The van der Waals surface area contributed by atoms with Gasteiger partial charge < -0.3 is 5.32 Å². The van der Waals surface area contributed by atoms with Crippen molar-refractivity contribution in [3.8, 4) is 0 Å². The van der Waals surface area contributed by atoms with E-state index in [9.17, 15) is 9.59 Å². The fraction of sp³-hybridized carbons (Fsp3) is 0.625. The maximum Gasteiger partial charge on any atom is 0.262 e. The first kappa shape index (κ1) is 21.3. The van der Waals surface area contributed by atoms with E-state index in [1.807, 2.05) is 20.8 Å². The van der Waals surface area contributed by atoms with E-state index in [1.54, 1.807) is 22.8 Å². The molecular formula is C24H30ClN3O2S. The number of nitrogens with one attached hydrogen (secondary N) is 1. The first-order chi connectivity index (χ1) is 14.7. The molecule has 4 bridgehead atoms. The lowest BCUT2D eigenvalue weighted by Gasteiger charge is -2.57. The van der Waals surface area contributed by atoms with Gasteiger partial charge in [0, 0.05) is 16.6 Å². The van der Waals surface area contributed by atoms with Crippen LogP contribution in [0.3, 0.4) is 0 Å². The van der Waals surface area contributed by atoms with Crippen molar-refractivity contribution >= 4 is 40.2 Å². The first-order valence-electron chi connectivity index (χ1n) is 11.4. The molecule has 1 aromatic heterocycles. The van der Waals surface area contributed by atoms with Gasteiger partial charge in [0.2, 0.25) is 5.91 Å². The molecule has 4 saturated carbocycles. The summed E-state index contributed by atoms with van der Waals surface area (Å²) in [6.07, 6.45) is 7.44. The number of hydrogen-bond acceptors (Lipinski definition) is 4. The number of halogens is 1. The quantitative estimate of drug-likeness (QED) is 0.493. The van der Waals surface area contributed by atoms with E-state index in [4.69, 9.17) is 16.6 Å². The van der Waals surface area contributed by atoms with Crippen LogP contribution in [0.2, 0.25) is 5.02 Å². The third-order valence-electron chi connectivity index (χ3n) is 7.43. The van der Waals surface area contributed by atoms with Crippen LogP contribution in [0.15, 0.2) is 28.2 Å². The van der Waals surface area contributed by atoms with Crippen molar-refractivity contribution < 1.29 is 4.79 Å². The van der Waals surface area contributed by atoms with Gasteiger partial charge in [0.1, 0.15) is 0 Å². The molecule has 1 heterocycles. The van der Waals surface area contributed by atoms with Gasteiger partial charge in [0.05, 0.1) is 16.2 Å². The monoisotopic (exact) mass is 459 g/mol. The number of rotatable bonds is 5. The van der Waals surface area contributed by atoms with Crippen molar-refractivity contribution in [1.82, 2.24) is 14.9 Å². The van der Waals surface area contributed by atoms with Gasteiger partial charge in [-0.1, -0.05) is 23.4 Å². The third kappa shape index (κ3) is 3.91. The highest BCUT2D eigenvalue weighted by Gasteiger charge is 2.51. The van der Waals surface area contributed by atoms with Gasteiger partial charge in [-0.2, -0.15) is 0 Å². The van der Waals surface area contributed by atoms with E-state index in [0.717, 1.165) is 37.0 Å². The number of carbonyl (C=O) groups is 1. The number of hydrogen-bond donors (Lipinski definition) is 1. The summed E-state index contributed by atoms with van der Waals surface area (Å²) in [5, 5.41) is 4.79. The van der Waals surface area contributed by atoms with Crippen LogP contribution < -0.4 is 10.9 Å². The van der Waals surface area contributed by atoms with Gasteiger partial charge in [-0.15, -0.1) is 0 Å².